The zero-order valence-electron chi connectivity index (χ0n) is 14.0. The van der Waals surface area contributed by atoms with Crippen molar-refractivity contribution in [2.24, 2.45) is 11.7 Å². The van der Waals surface area contributed by atoms with Gasteiger partial charge in [-0.1, -0.05) is 33.3 Å². The van der Waals surface area contributed by atoms with Crippen LogP contribution in [0.4, 0.5) is 5.69 Å². The zero-order valence-corrected chi connectivity index (χ0v) is 14.0. The lowest BCUT2D eigenvalue weighted by Crippen LogP contribution is -2.39. The van der Waals surface area contributed by atoms with Crippen molar-refractivity contribution < 1.29 is 9.72 Å². The molecule has 1 fully saturated rings. The van der Waals surface area contributed by atoms with E-state index >= 15 is 0 Å². The van der Waals surface area contributed by atoms with E-state index in [0.29, 0.717) is 23.6 Å². The van der Waals surface area contributed by atoms with Crippen LogP contribution in [0.15, 0.2) is 18.2 Å². The van der Waals surface area contributed by atoms with Crippen molar-refractivity contribution in [1.82, 2.24) is 5.32 Å². The average molecular weight is 319 g/mol. The minimum Gasteiger partial charge on any atom is -0.349 e. The van der Waals surface area contributed by atoms with Gasteiger partial charge in [0.2, 0.25) is 0 Å². The second kappa shape index (κ2) is 6.66. The maximum absolute atomic E-state index is 12.4. The van der Waals surface area contributed by atoms with Gasteiger partial charge >= 0.3 is 0 Å². The summed E-state index contributed by atoms with van der Waals surface area (Å²) < 4.78 is 0. The number of nitrogens with one attached hydrogen (secondary N) is 1. The highest BCUT2D eigenvalue weighted by Gasteiger charge is 2.29. The fourth-order valence-corrected chi connectivity index (χ4v) is 3.22. The Balaban J connectivity index is 2.24. The highest BCUT2D eigenvalue weighted by Crippen LogP contribution is 2.32. The van der Waals surface area contributed by atoms with Gasteiger partial charge in [-0.3, -0.25) is 14.9 Å². The number of amides is 1. The van der Waals surface area contributed by atoms with Gasteiger partial charge < -0.3 is 11.1 Å². The molecule has 0 bridgehead atoms. The van der Waals surface area contributed by atoms with E-state index in [4.69, 9.17) is 5.73 Å². The summed E-state index contributed by atoms with van der Waals surface area (Å²) in [6.45, 7) is 6.30. The van der Waals surface area contributed by atoms with Gasteiger partial charge in [-0.25, -0.2) is 0 Å². The minimum atomic E-state index is -0.421. The molecule has 1 aromatic carbocycles. The van der Waals surface area contributed by atoms with Gasteiger partial charge in [0, 0.05) is 23.2 Å². The molecule has 2 atom stereocenters. The zero-order chi connectivity index (χ0) is 17.2. The third kappa shape index (κ3) is 3.88. The summed E-state index contributed by atoms with van der Waals surface area (Å²) in [5.74, 6) is 0.0293. The lowest BCUT2D eigenvalue weighted by molar-refractivity contribution is -0.386. The summed E-state index contributed by atoms with van der Waals surface area (Å²) in [6, 6.07) is 4.79. The Morgan fingerprint density at radius 3 is 2.65 bits per heavy atom. The van der Waals surface area contributed by atoms with E-state index in [0.717, 1.165) is 19.3 Å². The minimum absolute atomic E-state index is 0.00746. The van der Waals surface area contributed by atoms with Gasteiger partial charge in [0.05, 0.1) is 4.92 Å². The normalized spacial score (nSPS) is 21.2. The molecule has 1 aromatic rings. The number of benzene rings is 1. The van der Waals surface area contributed by atoms with Crippen molar-refractivity contribution >= 4 is 11.6 Å². The largest absolute Gasteiger partial charge is 0.349 e. The van der Waals surface area contributed by atoms with E-state index < -0.39 is 4.92 Å². The number of nitro groups is 1. The van der Waals surface area contributed by atoms with Crippen LogP contribution in [0.2, 0.25) is 0 Å². The van der Waals surface area contributed by atoms with Crippen molar-refractivity contribution in [2.45, 2.75) is 51.5 Å². The first-order valence-corrected chi connectivity index (χ1v) is 8.04. The molecule has 0 spiro atoms. The second-order valence-electron chi connectivity index (χ2n) is 7.25. The molecule has 126 valence electrons. The SMILES string of the molecule is CC(C)(C)c1ccc(C(=O)NC2CCCC2CN)cc1[N+](=O)[O-]. The van der Waals surface area contributed by atoms with E-state index in [2.05, 4.69) is 5.32 Å². The number of carbonyl (C=O) groups excluding carboxylic acids is 1. The number of nitrogens with two attached hydrogens (primary N) is 1. The summed E-state index contributed by atoms with van der Waals surface area (Å²) in [6.07, 6.45) is 2.98. The molecule has 1 saturated carbocycles. The number of carbonyl (C=O) groups is 1. The molecule has 1 aliphatic rings. The number of rotatable bonds is 4. The Labute approximate surface area is 136 Å². The molecule has 0 aliphatic heterocycles. The number of hydrogen-bond acceptors (Lipinski definition) is 4. The van der Waals surface area contributed by atoms with Crippen LogP contribution in [0.3, 0.4) is 0 Å². The monoisotopic (exact) mass is 319 g/mol. The lowest BCUT2D eigenvalue weighted by atomic mass is 9.85. The van der Waals surface area contributed by atoms with Gasteiger partial charge in [0.15, 0.2) is 0 Å². The molecule has 1 aliphatic carbocycles. The Hall–Kier alpha value is -1.95. The molecule has 2 rings (SSSR count). The van der Waals surface area contributed by atoms with E-state index in [1.165, 1.54) is 6.07 Å². The quantitative estimate of drug-likeness (QED) is 0.658. The summed E-state index contributed by atoms with van der Waals surface area (Å²) >= 11 is 0. The maximum atomic E-state index is 12.4. The predicted octanol–water partition coefficient (Wildman–Crippen LogP) is 2.75. The van der Waals surface area contributed by atoms with Crippen LogP contribution in [-0.2, 0) is 5.41 Å². The standard InChI is InChI=1S/C17H25N3O3/c1-17(2,3)13-8-7-11(9-15(13)20(22)23)16(21)19-14-6-4-5-12(14)10-18/h7-9,12,14H,4-6,10,18H2,1-3H3,(H,19,21). The number of nitro benzene ring substituents is 1. The molecule has 1 amide bonds. The summed E-state index contributed by atoms with van der Waals surface area (Å²) in [7, 11) is 0. The molecule has 3 N–H and O–H groups in total. The third-order valence-corrected chi connectivity index (χ3v) is 4.54. The molecule has 6 heteroatoms. The van der Waals surface area contributed by atoms with Crippen LogP contribution >= 0.6 is 0 Å². The van der Waals surface area contributed by atoms with Crippen LogP contribution in [0, 0.1) is 16.0 Å². The van der Waals surface area contributed by atoms with Crippen molar-refractivity contribution in [3.05, 3.63) is 39.4 Å². The van der Waals surface area contributed by atoms with Crippen molar-refractivity contribution in [2.75, 3.05) is 6.54 Å². The molecule has 23 heavy (non-hydrogen) atoms. The Kier molecular flexibility index (Phi) is 5.04. The summed E-state index contributed by atoms with van der Waals surface area (Å²) in [5.41, 5.74) is 6.32. The van der Waals surface area contributed by atoms with Crippen molar-refractivity contribution in [3.63, 3.8) is 0 Å². The highest BCUT2D eigenvalue weighted by atomic mass is 16.6. The van der Waals surface area contributed by atoms with E-state index in [1.807, 2.05) is 20.8 Å². The molecule has 0 heterocycles. The van der Waals surface area contributed by atoms with Crippen LogP contribution < -0.4 is 11.1 Å². The predicted molar refractivity (Wildman–Crippen MR) is 89.4 cm³/mol. The van der Waals surface area contributed by atoms with Gasteiger partial charge in [0.1, 0.15) is 0 Å². The number of hydrogen-bond donors (Lipinski definition) is 2. The van der Waals surface area contributed by atoms with Gasteiger partial charge in [-0.15, -0.1) is 0 Å². The van der Waals surface area contributed by atoms with Crippen molar-refractivity contribution in [3.8, 4) is 0 Å². The fourth-order valence-electron chi connectivity index (χ4n) is 3.22. The third-order valence-electron chi connectivity index (χ3n) is 4.54. The highest BCUT2D eigenvalue weighted by molar-refractivity contribution is 5.95. The van der Waals surface area contributed by atoms with E-state index in [9.17, 15) is 14.9 Å². The fraction of sp³-hybridized carbons (Fsp3) is 0.588. The van der Waals surface area contributed by atoms with Crippen LogP contribution in [0.1, 0.15) is 56.0 Å². The first kappa shape index (κ1) is 17.4. The van der Waals surface area contributed by atoms with Crippen LogP contribution in [-0.4, -0.2) is 23.4 Å². The van der Waals surface area contributed by atoms with Crippen molar-refractivity contribution in [1.29, 1.82) is 0 Å². The topological polar surface area (TPSA) is 98.3 Å². The van der Waals surface area contributed by atoms with E-state index in [-0.39, 0.29) is 23.1 Å². The molecular formula is C17H25N3O3. The molecule has 0 radical (unpaired) electrons. The first-order chi connectivity index (χ1) is 10.7. The average Bonchev–Trinajstić information content (AvgIpc) is 2.92. The molecule has 0 aromatic heterocycles. The smallest absolute Gasteiger partial charge is 0.273 e. The Morgan fingerprint density at radius 1 is 1.39 bits per heavy atom. The van der Waals surface area contributed by atoms with Gasteiger partial charge in [-0.05, 0) is 36.8 Å². The molecule has 0 saturated heterocycles. The Morgan fingerprint density at radius 2 is 2.09 bits per heavy atom. The van der Waals surface area contributed by atoms with Crippen LogP contribution in [0.5, 0.6) is 0 Å². The van der Waals surface area contributed by atoms with Gasteiger partial charge in [0.25, 0.3) is 11.6 Å². The summed E-state index contributed by atoms with van der Waals surface area (Å²) in [5, 5.41) is 14.3. The van der Waals surface area contributed by atoms with Crippen LogP contribution in [0.25, 0.3) is 0 Å². The number of nitrogens with zero attached hydrogens (tertiary/aromatic N) is 1. The molecule has 6 nitrogen and oxygen atoms in total. The molecule has 2 unspecified atom stereocenters. The summed E-state index contributed by atoms with van der Waals surface area (Å²) in [4.78, 5) is 23.3. The molecular weight excluding hydrogens is 294 g/mol. The van der Waals surface area contributed by atoms with E-state index in [1.54, 1.807) is 12.1 Å². The lowest BCUT2D eigenvalue weighted by Gasteiger charge is -2.21. The maximum Gasteiger partial charge on any atom is 0.273 e. The second-order valence-corrected chi connectivity index (χ2v) is 7.25. The Bertz CT molecular complexity index is 608. The first-order valence-electron chi connectivity index (χ1n) is 8.04. The van der Waals surface area contributed by atoms with Gasteiger partial charge in [-0.2, -0.15) is 0 Å².